The molecule has 0 saturated carbocycles. The fourth-order valence-electron chi connectivity index (χ4n) is 3.47. The molecule has 0 radical (unpaired) electrons. The van der Waals surface area contributed by atoms with Crippen molar-refractivity contribution in [2.24, 2.45) is 0 Å². The van der Waals surface area contributed by atoms with Crippen molar-refractivity contribution in [3.63, 3.8) is 0 Å². The molecule has 2 aromatic carbocycles. The first-order chi connectivity index (χ1) is 14.2. The third kappa shape index (κ3) is 4.85. The predicted molar refractivity (Wildman–Crippen MR) is 115 cm³/mol. The third-order valence-electron chi connectivity index (χ3n) is 5.05. The van der Waals surface area contributed by atoms with Gasteiger partial charge in [0.1, 0.15) is 17.6 Å². The lowest BCUT2D eigenvalue weighted by Gasteiger charge is -2.35. The van der Waals surface area contributed by atoms with Crippen LogP contribution in [0.1, 0.15) is 21.3 Å². The molecule has 4 rings (SSSR count). The van der Waals surface area contributed by atoms with Crippen molar-refractivity contribution in [1.82, 2.24) is 9.80 Å². The van der Waals surface area contributed by atoms with Crippen LogP contribution in [0.5, 0.6) is 11.5 Å². The molecule has 150 valence electrons. The Kier molecular flexibility index (Phi) is 6.24. The third-order valence-corrected chi connectivity index (χ3v) is 6.02. The molecule has 0 bridgehead atoms. The van der Waals surface area contributed by atoms with Gasteiger partial charge in [0.15, 0.2) is 0 Å². The first kappa shape index (κ1) is 19.6. The molecule has 1 saturated heterocycles. The van der Waals surface area contributed by atoms with Crippen molar-refractivity contribution in [3.05, 3.63) is 82.6 Å². The number of rotatable bonds is 6. The SMILES string of the molecule is O=C(c1ccccc1Oc1ccccc1)N1CCN(CC(O)c2cccs2)CC1. The Labute approximate surface area is 174 Å². The number of para-hydroxylation sites is 2. The van der Waals surface area contributed by atoms with Gasteiger partial charge >= 0.3 is 0 Å². The Morgan fingerprint density at radius 3 is 2.41 bits per heavy atom. The van der Waals surface area contributed by atoms with E-state index in [2.05, 4.69) is 4.90 Å². The Bertz CT molecular complexity index is 922. The van der Waals surface area contributed by atoms with E-state index in [1.165, 1.54) is 0 Å². The van der Waals surface area contributed by atoms with Gasteiger partial charge in [0.25, 0.3) is 5.91 Å². The van der Waals surface area contributed by atoms with Gasteiger partial charge in [-0.05, 0) is 35.7 Å². The Morgan fingerprint density at radius 1 is 0.966 bits per heavy atom. The molecule has 1 unspecified atom stereocenters. The van der Waals surface area contributed by atoms with Crippen LogP contribution in [-0.4, -0.2) is 53.5 Å². The highest BCUT2D eigenvalue weighted by Crippen LogP contribution is 2.27. The van der Waals surface area contributed by atoms with Crippen molar-refractivity contribution < 1.29 is 14.6 Å². The number of nitrogens with zero attached hydrogens (tertiary/aromatic N) is 2. The number of hydrogen-bond donors (Lipinski definition) is 1. The van der Waals surface area contributed by atoms with Gasteiger partial charge in [-0.3, -0.25) is 9.69 Å². The molecule has 0 aliphatic carbocycles. The summed E-state index contributed by atoms with van der Waals surface area (Å²) in [6.07, 6.45) is -0.475. The molecule has 5 nitrogen and oxygen atoms in total. The number of carbonyl (C=O) groups is 1. The van der Waals surface area contributed by atoms with E-state index in [0.717, 1.165) is 18.0 Å². The maximum Gasteiger partial charge on any atom is 0.257 e. The van der Waals surface area contributed by atoms with Gasteiger partial charge in [0.2, 0.25) is 0 Å². The second kappa shape index (κ2) is 9.22. The van der Waals surface area contributed by atoms with Gasteiger partial charge in [-0.15, -0.1) is 11.3 Å². The second-order valence-corrected chi connectivity index (χ2v) is 8.01. The molecule has 1 aliphatic rings. The number of hydrogen-bond acceptors (Lipinski definition) is 5. The fourth-order valence-corrected chi connectivity index (χ4v) is 4.17. The molecular formula is C23H24N2O3S. The first-order valence-corrected chi connectivity index (χ1v) is 10.6. The molecule has 2 heterocycles. The maximum absolute atomic E-state index is 13.1. The van der Waals surface area contributed by atoms with Crippen LogP contribution < -0.4 is 4.74 Å². The monoisotopic (exact) mass is 408 g/mol. The molecule has 1 aliphatic heterocycles. The summed E-state index contributed by atoms with van der Waals surface area (Å²) in [5, 5.41) is 12.3. The van der Waals surface area contributed by atoms with Crippen LogP contribution in [-0.2, 0) is 0 Å². The fraction of sp³-hybridized carbons (Fsp3) is 0.261. The molecule has 1 fully saturated rings. The number of benzene rings is 2. The summed E-state index contributed by atoms with van der Waals surface area (Å²) in [5.74, 6) is 1.26. The van der Waals surface area contributed by atoms with Crippen LogP contribution in [0.2, 0.25) is 0 Å². The van der Waals surface area contributed by atoms with E-state index in [1.807, 2.05) is 77.0 Å². The zero-order valence-electron chi connectivity index (χ0n) is 16.1. The topological polar surface area (TPSA) is 53.0 Å². The van der Waals surface area contributed by atoms with Crippen molar-refractivity contribution in [1.29, 1.82) is 0 Å². The van der Waals surface area contributed by atoms with E-state index in [1.54, 1.807) is 11.3 Å². The van der Waals surface area contributed by atoms with E-state index in [9.17, 15) is 9.90 Å². The van der Waals surface area contributed by atoms with Crippen LogP contribution in [0.25, 0.3) is 0 Å². The van der Waals surface area contributed by atoms with Gasteiger partial charge in [-0.25, -0.2) is 0 Å². The zero-order valence-corrected chi connectivity index (χ0v) is 16.9. The summed E-state index contributed by atoms with van der Waals surface area (Å²) in [6.45, 7) is 3.35. The molecule has 1 aromatic heterocycles. The highest BCUT2D eigenvalue weighted by atomic mass is 32.1. The van der Waals surface area contributed by atoms with E-state index in [0.29, 0.717) is 36.7 Å². The van der Waals surface area contributed by atoms with Crippen molar-refractivity contribution in [2.45, 2.75) is 6.10 Å². The van der Waals surface area contributed by atoms with Gasteiger partial charge < -0.3 is 14.7 Å². The van der Waals surface area contributed by atoms with Crippen molar-refractivity contribution in [3.8, 4) is 11.5 Å². The van der Waals surface area contributed by atoms with E-state index >= 15 is 0 Å². The van der Waals surface area contributed by atoms with Gasteiger partial charge in [-0.2, -0.15) is 0 Å². The average molecular weight is 409 g/mol. The van der Waals surface area contributed by atoms with Crippen LogP contribution in [0, 0.1) is 0 Å². The van der Waals surface area contributed by atoms with Crippen molar-refractivity contribution >= 4 is 17.2 Å². The second-order valence-electron chi connectivity index (χ2n) is 7.04. The van der Waals surface area contributed by atoms with Crippen LogP contribution >= 0.6 is 11.3 Å². The normalized spacial score (nSPS) is 15.8. The molecule has 6 heteroatoms. The van der Waals surface area contributed by atoms with E-state index < -0.39 is 6.10 Å². The highest BCUT2D eigenvalue weighted by molar-refractivity contribution is 7.10. The Balaban J connectivity index is 1.37. The number of thiophene rings is 1. The molecule has 29 heavy (non-hydrogen) atoms. The molecule has 0 spiro atoms. The molecule has 1 atom stereocenters. The number of carbonyl (C=O) groups excluding carboxylic acids is 1. The number of β-amino-alcohol motifs (C(OH)–C–C–N with tert-alkyl or cyclic N) is 1. The largest absolute Gasteiger partial charge is 0.457 e. The molecular weight excluding hydrogens is 384 g/mol. The van der Waals surface area contributed by atoms with Gasteiger partial charge in [0.05, 0.1) is 5.56 Å². The molecule has 1 amide bonds. The average Bonchev–Trinajstić information content (AvgIpc) is 3.30. The lowest BCUT2D eigenvalue weighted by atomic mass is 10.1. The summed E-state index contributed by atoms with van der Waals surface area (Å²) in [5.41, 5.74) is 0.573. The summed E-state index contributed by atoms with van der Waals surface area (Å²) < 4.78 is 5.95. The highest BCUT2D eigenvalue weighted by Gasteiger charge is 2.25. The van der Waals surface area contributed by atoms with E-state index in [-0.39, 0.29) is 5.91 Å². The molecule has 3 aromatic rings. The smallest absolute Gasteiger partial charge is 0.257 e. The minimum Gasteiger partial charge on any atom is -0.457 e. The first-order valence-electron chi connectivity index (χ1n) is 9.76. The van der Waals surface area contributed by atoms with Gasteiger partial charge in [0, 0.05) is 37.6 Å². The van der Waals surface area contributed by atoms with Crippen LogP contribution in [0.4, 0.5) is 0 Å². The zero-order chi connectivity index (χ0) is 20.1. The standard InChI is InChI=1S/C23H24N2O3S/c26-20(22-11-6-16-29-22)17-24-12-14-25(15-13-24)23(27)19-9-4-5-10-21(19)28-18-7-2-1-3-8-18/h1-11,16,20,26H,12-15,17H2. The quantitative estimate of drug-likeness (QED) is 0.669. The van der Waals surface area contributed by atoms with Gasteiger partial charge in [-0.1, -0.05) is 36.4 Å². The summed E-state index contributed by atoms with van der Waals surface area (Å²) in [7, 11) is 0. The summed E-state index contributed by atoms with van der Waals surface area (Å²) >= 11 is 1.57. The number of aliphatic hydroxyl groups excluding tert-OH is 1. The Hall–Kier alpha value is -2.67. The molecule has 1 N–H and O–H groups in total. The minimum absolute atomic E-state index is 0.0185. The number of aliphatic hydroxyl groups is 1. The van der Waals surface area contributed by atoms with Crippen LogP contribution in [0.15, 0.2) is 72.1 Å². The summed E-state index contributed by atoms with van der Waals surface area (Å²) in [4.78, 5) is 18.2. The maximum atomic E-state index is 13.1. The van der Waals surface area contributed by atoms with E-state index in [4.69, 9.17) is 4.74 Å². The summed E-state index contributed by atoms with van der Waals surface area (Å²) in [6, 6.07) is 20.8. The number of piperazine rings is 1. The van der Waals surface area contributed by atoms with Crippen molar-refractivity contribution in [2.75, 3.05) is 32.7 Å². The lowest BCUT2D eigenvalue weighted by Crippen LogP contribution is -2.49. The number of ether oxygens (including phenoxy) is 1. The van der Waals surface area contributed by atoms with Crippen LogP contribution in [0.3, 0.4) is 0 Å². The predicted octanol–water partition coefficient (Wildman–Crippen LogP) is 4.03. The lowest BCUT2D eigenvalue weighted by molar-refractivity contribution is 0.0531. The minimum atomic E-state index is -0.475. The number of amides is 1. The Morgan fingerprint density at radius 2 is 1.69 bits per heavy atom.